The van der Waals surface area contributed by atoms with Crippen molar-refractivity contribution in [2.45, 2.75) is 38.8 Å². The number of hydrogen-bond acceptors (Lipinski definition) is 5. The Balaban J connectivity index is 2.03. The second-order valence-corrected chi connectivity index (χ2v) is 5.64. The standard InChI is InChI=1S/C13H13F3N2O2S/c1-2-3-8(19)4-5-9-6-7-10(21-9)11-17-12(20-18-11)13(14,15)16/h6-7H,2-5H2,1H3. The number of thiophene rings is 1. The van der Waals surface area contributed by atoms with E-state index >= 15 is 0 Å². The van der Waals surface area contributed by atoms with Crippen LogP contribution < -0.4 is 0 Å². The molecule has 0 unspecified atom stereocenters. The molecule has 0 fully saturated rings. The summed E-state index contributed by atoms with van der Waals surface area (Å²) in [6, 6.07) is 3.40. The zero-order valence-corrected chi connectivity index (χ0v) is 12.1. The predicted molar refractivity (Wildman–Crippen MR) is 70.8 cm³/mol. The Morgan fingerprint density at radius 1 is 1.33 bits per heavy atom. The Morgan fingerprint density at radius 3 is 2.71 bits per heavy atom. The second kappa shape index (κ2) is 6.38. The first-order valence-corrected chi connectivity index (χ1v) is 7.23. The average molecular weight is 318 g/mol. The van der Waals surface area contributed by atoms with Gasteiger partial charge in [-0.25, -0.2) is 0 Å². The first-order valence-electron chi connectivity index (χ1n) is 6.42. The zero-order valence-electron chi connectivity index (χ0n) is 11.2. The van der Waals surface area contributed by atoms with Crippen molar-refractivity contribution >= 4 is 17.1 Å². The molecule has 0 saturated heterocycles. The Kier molecular flexibility index (Phi) is 4.76. The van der Waals surface area contributed by atoms with Gasteiger partial charge in [0.15, 0.2) is 0 Å². The van der Waals surface area contributed by atoms with E-state index in [-0.39, 0.29) is 11.6 Å². The molecule has 0 spiro atoms. The first kappa shape index (κ1) is 15.7. The molecule has 0 atom stereocenters. The third kappa shape index (κ3) is 4.13. The van der Waals surface area contributed by atoms with E-state index in [9.17, 15) is 18.0 Å². The molecule has 2 heterocycles. The predicted octanol–water partition coefficient (Wildman–Crippen LogP) is 4.12. The summed E-state index contributed by atoms with van der Waals surface area (Å²) in [5, 5.41) is 3.33. The van der Waals surface area contributed by atoms with Crippen molar-refractivity contribution < 1.29 is 22.5 Å². The third-order valence-corrected chi connectivity index (χ3v) is 3.87. The van der Waals surface area contributed by atoms with Crippen LogP contribution in [0.4, 0.5) is 13.2 Å². The van der Waals surface area contributed by atoms with Crippen molar-refractivity contribution in [1.29, 1.82) is 0 Å². The van der Waals surface area contributed by atoms with Crippen molar-refractivity contribution in [3.05, 3.63) is 22.9 Å². The van der Waals surface area contributed by atoms with E-state index in [4.69, 9.17) is 0 Å². The molecule has 0 radical (unpaired) electrons. The summed E-state index contributed by atoms with van der Waals surface area (Å²) in [5.74, 6) is -1.25. The lowest BCUT2D eigenvalue weighted by Gasteiger charge is -1.96. The number of rotatable bonds is 6. The monoisotopic (exact) mass is 318 g/mol. The fraction of sp³-hybridized carbons (Fsp3) is 0.462. The van der Waals surface area contributed by atoms with Gasteiger partial charge in [0.2, 0.25) is 5.82 Å². The fourth-order valence-electron chi connectivity index (χ4n) is 1.74. The molecule has 4 nitrogen and oxygen atoms in total. The lowest BCUT2D eigenvalue weighted by atomic mass is 10.1. The van der Waals surface area contributed by atoms with E-state index in [0.717, 1.165) is 11.3 Å². The van der Waals surface area contributed by atoms with Gasteiger partial charge < -0.3 is 4.52 Å². The van der Waals surface area contributed by atoms with E-state index in [1.807, 2.05) is 6.92 Å². The number of hydrogen-bond donors (Lipinski definition) is 0. The fourth-order valence-corrected chi connectivity index (χ4v) is 2.67. The highest BCUT2D eigenvalue weighted by molar-refractivity contribution is 7.15. The molecule has 2 aromatic rings. The van der Waals surface area contributed by atoms with Crippen LogP contribution in [-0.4, -0.2) is 15.9 Å². The lowest BCUT2D eigenvalue weighted by Crippen LogP contribution is -2.04. The molecular formula is C13H13F3N2O2S. The summed E-state index contributed by atoms with van der Waals surface area (Å²) < 4.78 is 41.3. The number of aromatic nitrogens is 2. The van der Waals surface area contributed by atoms with E-state index in [2.05, 4.69) is 14.7 Å². The van der Waals surface area contributed by atoms with Crippen LogP contribution in [0.15, 0.2) is 16.7 Å². The maximum atomic E-state index is 12.4. The van der Waals surface area contributed by atoms with Gasteiger partial charge in [-0.15, -0.1) is 11.3 Å². The van der Waals surface area contributed by atoms with Gasteiger partial charge >= 0.3 is 12.1 Å². The van der Waals surface area contributed by atoms with Crippen molar-refractivity contribution in [2.75, 3.05) is 0 Å². The van der Waals surface area contributed by atoms with Crippen molar-refractivity contribution in [1.82, 2.24) is 10.1 Å². The van der Waals surface area contributed by atoms with Crippen LogP contribution in [-0.2, 0) is 17.4 Å². The average Bonchev–Trinajstić information content (AvgIpc) is 3.05. The maximum Gasteiger partial charge on any atom is 0.471 e. The lowest BCUT2D eigenvalue weighted by molar-refractivity contribution is -0.159. The minimum Gasteiger partial charge on any atom is -0.329 e. The molecule has 0 aromatic carbocycles. The van der Waals surface area contributed by atoms with Gasteiger partial charge in [0, 0.05) is 17.7 Å². The third-order valence-electron chi connectivity index (χ3n) is 2.73. The van der Waals surface area contributed by atoms with E-state index < -0.39 is 12.1 Å². The van der Waals surface area contributed by atoms with Crippen LogP contribution in [0.5, 0.6) is 0 Å². The van der Waals surface area contributed by atoms with Gasteiger partial charge in [0.05, 0.1) is 4.88 Å². The normalized spacial score (nSPS) is 11.8. The molecule has 0 aliphatic heterocycles. The van der Waals surface area contributed by atoms with Crippen molar-refractivity contribution in [2.24, 2.45) is 0 Å². The summed E-state index contributed by atoms with van der Waals surface area (Å²) >= 11 is 1.27. The van der Waals surface area contributed by atoms with E-state index in [1.54, 1.807) is 12.1 Å². The van der Waals surface area contributed by atoms with Crippen LogP contribution in [0.2, 0.25) is 0 Å². The highest BCUT2D eigenvalue weighted by Gasteiger charge is 2.38. The molecule has 0 aliphatic rings. The van der Waals surface area contributed by atoms with Crippen LogP contribution in [0.25, 0.3) is 10.7 Å². The quantitative estimate of drug-likeness (QED) is 0.804. The largest absolute Gasteiger partial charge is 0.471 e. The number of alkyl halides is 3. The number of Topliss-reactive ketones (excluding diaryl/α,β-unsaturated/α-hetero) is 1. The highest BCUT2D eigenvalue weighted by atomic mass is 32.1. The van der Waals surface area contributed by atoms with Crippen LogP contribution in [0, 0.1) is 0 Å². The Bertz CT molecular complexity index is 619. The molecule has 0 N–H and O–H groups in total. The molecular weight excluding hydrogens is 305 g/mol. The van der Waals surface area contributed by atoms with Crippen molar-refractivity contribution in [3.8, 4) is 10.7 Å². The molecule has 21 heavy (non-hydrogen) atoms. The second-order valence-electron chi connectivity index (χ2n) is 4.48. The summed E-state index contributed by atoms with van der Waals surface area (Å²) in [4.78, 5) is 16.2. The van der Waals surface area contributed by atoms with Gasteiger partial charge in [-0.1, -0.05) is 12.1 Å². The number of halogens is 3. The molecule has 114 valence electrons. The molecule has 8 heteroatoms. The highest BCUT2D eigenvalue weighted by Crippen LogP contribution is 2.31. The smallest absolute Gasteiger partial charge is 0.329 e. The summed E-state index contributed by atoms with van der Waals surface area (Å²) in [6.45, 7) is 1.94. The molecule has 0 saturated carbocycles. The zero-order chi connectivity index (χ0) is 15.5. The van der Waals surface area contributed by atoms with E-state index in [1.165, 1.54) is 11.3 Å². The maximum absolute atomic E-state index is 12.4. The number of nitrogens with zero attached hydrogens (tertiary/aromatic N) is 2. The summed E-state index contributed by atoms with van der Waals surface area (Å²) in [6.07, 6.45) is -2.26. The van der Waals surface area contributed by atoms with Gasteiger partial charge in [-0.3, -0.25) is 4.79 Å². The number of ketones is 1. The Labute approximate surface area is 123 Å². The minimum absolute atomic E-state index is 0.0848. The van der Waals surface area contributed by atoms with Gasteiger partial charge in [0.1, 0.15) is 5.78 Å². The molecule has 0 bridgehead atoms. The number of aryl methyl sites for hydroxylation is 1. The topological polar surface area (TPSA) is 56.0 Å². The first-order chi connectivity index (χ1) is 9.90. The molecule has 0 amide bonds. The molecule has 2 rings (SSSR count). The van der Waals surface area contributed by atoms with Gasteiger partial charge in [0.25, 0.3) is 0 Å². The van der Waals surface area contributed by atoms with Gasteiger partial charge in [-0.05, 0) is 25.0 Å². The number of carbonyl (C=O) groups excluding carboxylic acids is 1. The van der Waals surface area contributed by atoms with E-state index in [0.29, 0.717) is 24.1 Å². The SMILES string of the molecule is CCCC(=O)CCc1ccc(-c2noc(C(F)(F)F)n2)s1. The van der Waals surface area contributed by atoms with Crippen LogP contribution >= 0.6 is 11.3 Å². The molecule has 2 aromatic heterocycles. The van der Waals surface area contributed by atoms with Crippen LogP contribution in [0.3, 0.4) is 0 Å². The van der Waals surface area contributed by atoms with Crippen LogP contribution in [0.1, 0.15) is 37.0 Å². The minimum atomic E-state index is -4.64. The number of carbonyl (C=O) groups is 1. The Hall–Kier alpha value is -1.70. The summed E-state index contributed by atoms with van der Waals surface area (Å²) in [7, 11) is 0. The molecule has 0 aliphatic carbocycles. The van der Waals surface area contributed by atoms with Crippen molar-refractivity contribution in [3.63, 3.8) is 0 Å². The van der Waals surface area contributed by atoms with Gasteiger partial charge in [-0.2, -0.15) is 18.2 Å². The summed E-state index contributed by atoms with van der Waals surface area (Å²) in [5.41, 5.74) is 0. The Morgan fingerprint density at radius 2 is 2.10 bits per heavy atom.